The summed E-state index contributed by atoms with van der Waals surface area (Å²) >= 11 is 0. The molecule has 0 bridgehead atoms. The Balaban J connectivity index is 2.13. The summed E-state index contributed by atoms with van der Waals surface area (Å²) in [7, 11) is 0. The lowest BCUT2D eigenvalue weighted by Gasteiger charge is -2.09. The Labute approximate surface area is 118 Å². The third-order valence-corrected chi connectivity index (χ3v) is 2.62. The van der Waals surface area contributed by atoms with Crippen molar-refractivity contribution in [2.24, 2.45) is 0 Å². The van der Waals surface area contributed by atoms with Crippen LogP contribution in [0.1, 0.15) is 29.9 Å². The number of hydrogen-bond acceptors (Lipinski definition) is 4. The lowest BCUT2D eigenvalue weighted by atomic mass is 10.2. The molecule has 0 unspecified atom stereocenters. The Morgan fingerprint density at radius 3 is 2.50 bits per heavy atom. The van der Waals surface area contributed by atoms with E-state index in [4.69, 9.17) is 0 Å². The SMILES string of the molecule is Cc1ccc(Nc2nccc(C(=O)NC(C)C)n2)cc1. The monoisotopic (exact) mass is 270 g/mol. The highest BCUT2D eigenvalue weighted by molar-refractivity contribution is 5.92. The predicted molar refractivity (Wildman–Crippen MR) is 79.1 cm³/mol. The lowest BCUT2D eigenvalue weighted by Crippen LogP contribution is -2.30. The van der Waals surface area contributed by atoms with Crippen molar-refractivity contribution in [1.82, 2.24) is 15.3 Å². The van der Waals surface area contributed by atoms with Crippen LogP contribution in [0.4, 0.5) is 11.6 Å². The highest BCUT2D eigenvalue weighted by Gasteiger charge is 2.09. The van der Waals surface area contributed by atoms with Crippen molar-refractivity contribution in [3.63, 3.8) is 0 Å². The molecule has 2 rings (SSSR count). The van der Waals surface area contributed by atoms with Crippen LogP contribution < -0.4 is 10.6 Å². The highest BCUT2D eigenvalue weighted by Crippen LogP contribution is 2.13. The summed E-state index contributed by atoms with van der Waals surface area (Å²) in [5.74, 6) is 0.208. The topological polar surface area (TPSA) is 66.9 Å². The standard InChI is InChI=1S/C15H18N4O/c1-10(2)17-14(20)13-8-9-16-15(19-13)18-12-6-4-11(3)5-7-12/h4-10H,1-3H3,(H,17,20)(H,16,18,19). The van der Waals surface area contributed by atoms with Gasteiger partial charge in [-0.15, -0.1) is 0 Å². The van der Waals surface area contributed by atoms with Crippen molar-refractivity contribution >= 4 is 17.5 Å². The van der Waals surface area contributed by atoms with Crippen molar-refractivity contribution in [2.45, 2.75) is 26.8 Å². The number of rotatable bonds is 4. The number of nitrogens with one attached hydrogen (secondary N) is 2. The molecular weight excluding hydrogens is 252 g/mol. The average Bonchev–Trinajstić information content (AvgIpc) is 2.41. The second-order valence-corrected chi connectivity index (χ2v) is 4.88. The van der Waals surface area contributed by atoms with Crippen LogP contribution in [-0.2, 0) is 0 Å². The van der Waals surface area contributed by atoms with Crippen LogP contribution in [0.3, 0.4) is 0 Å². The van der Waals surface area contributed by atoms with Crippen molar-refractivity contribution in [1.29, 1.82) is 0 Å². The number of hydrogen-bond donors (Lipinski definition) is 2. The van der Waals surface area contributed by atoms with Gasteiger partial charge in [0.05, 0.1) is 0 Å². The number of benzene rings is 1. The van der Waals surface area contributed by atoms with Gasteiger partial charge in [-0.2, -0.15) is 0 Å². The summed E-state index contributed by atoms with van der Waals surface area (Å²) in [5.41, 5.74) is 2.42. The molecule has 0 saturated heterocycles. The van der Waals surface area contributed by atoms with Gasteiger partial charge in [-0.25, -0.2) is 9.97 Å². The molecule has 104 valence electrons. The Morgan fingerprint density at radius 1 is 1.15 bits per heavy atom. The first-order valence-electron chi connectivity index (χ1n) is 6.52. The van der Waals surface area contributed by atoms with Gasteiger partial charge in [0.25, 0.3) is 5.91 Å². The Kier molecular flexibility index (Phi) is 4.30. The van der Waals surface area contributed by atoms with E-state index in [2.05, 4.69) is 20.6 Å². The molecule has 0 saturated carbocycles. The fraction of sp³-hybridized carbons (Fsp3) is 0.267. The molecule has 20 heavy (non-hydrogen) atoms. The van der Waals surface area contributed by atoms with Gasteiger partial charge in [0.1, 0.15) is 5.69 Å². The average molecular weight is 270 g/mol. The first-order valence-corrected chi connectivity index (χ1v) is 6.52. The predicted octanol–water partition coefficient (Wildman–Crippen LogP) is 2.67. The van der Waals surface area contributed by atoms with Crippen LogP contribution in [0.2, 0.25) is 0 Å². The van der Waals surface area contributed by atoms with E-state index in [0.717, 1.165) is 5.69 Å². The second-order valence-electron chi connectivity index (χ2n) is 4.88. The van der Waals surface area contributed by atoms with E-state index in [1.165, 1.54) is 5.56 Å². The summed E-state index contributed by atoms with van der Waals surface area (Å²) in [5, 5.41) is 5.88. The van der Waals surface area contributed by atoms with Crippen LogP contribution in [0.25, 0.3) is 0 Å². The summed E-state index contributed by atoms with van der Waals surface area (Å²) < 4.78 is 0. The van der Waals surface area contributed by atoms with Gasteiger partial charge in [0.2, 0.25) is 5.95 Å². The zero-order valence-electron chi connectivity index (χ0n) is 11.8. The van der Waals surface area contributed by atoms with Crippen molar-refractivity contribution in [2.75, 3.05) is 5.32 Å². The van der Waals surface area contributed by atoms with E-state index < -0.39 is 0 Å². The Hall–Kier alpha value is -2.43. The number of carbonyl (C=O) groups is 1. The molecule has 1 amide bonds. The fourth-order valence-corrected chi connectivity index (χ4v) is 1.65. The number of carbonyl (C=O) groups excluding carboxylic acids is 1. The quantitative estimate of drug-likeness (QED) is 0.896. The third-order valence-electron chi connectivity index (χ3n) is 2.62. The van der Waals surface area contributed by atoms with E-state index in [9.17, 15) is 4.79 Å². The zero-order valence-corrected chi connectivity index (χ0v) is 11.8. The van der Waals surface area contributed by atoms with Crippen LogP contribution in [0, 0.1) is 6.92 Å². The van der Waals surface area contributed by atoms with Gasteiger partial charge in [-0.1, -0.05) is 17.7 Å². The molecule has 0 aliphatic carbocycles. The first kappa shape index (κ1) is 14.0. The van der Waals surface area contributed by atoms with E-state index in [0.29, 0.717) is 11.6 Å². The Bertz CT molecular complexity index is 593. The maximum absolute atomic E-state index is 11.9. The summed E-state index contributed by atoms with van der Waals surface area (Å²) in [6.45, 7) is 5.84. The number of anilines is 2. The van der Waals surface area contributed by atoms with Gasteiger partial charge in [0, 0.05) is 17.9 Å². The molecule has 0 atom stereocenters. The molecule has 1 aromatic heterocycles. The molecule has 0 aliphatic rings. The van der Waals surface area contributed by atoms with E-state index in [-0.39, 0.29) is 11.9 Å². The summed E-state index contributed by atoms with van der Waals surface area (Å²) in [6.07, 6.45) is 1.57. The molecule has 0 spiro atoms. The van der Waals surface area contributed by atoms with Crippen molar-refractivity contribution in [3.8, 4) is 0 Å². The van der Waals surface area contributed by atoms with Crippen LogP contribution in [0.5, 0.6) is 0 Å². The minimum Gasteiger partial charge on any atom is -0.349 e. The lowest BCUT2D eigenvalue weighted by molar-refractivity contribution is 0.0938. The molecule has 0 fully saturated rings. The molecule has 0 radical (unpaired) electrons. The number of nitrogens with zero attached hydrogens (tertiary/aromatic N) is 2. The van der Waals surface area contributed by atoms with Crippen molar-refractivity contribution in [3.05, 3.63) is 47.8 Å². The Morgan fingerprint density at radius 2 is 1.85 bits per heavy atom. The number of aromatic nitrogens is 2. The molecule has 1 heterocycles. The van der Waals surface area contributed by atoms with Gasteiger partial charge in [0.15, 0.2) is 0 Å². The normalized spacial score (nSPS) is 10.4. The number of aryl methyl sites for hydroxylation is 1. The molecule has 2 N–H and O–H groups in total. The highest BCUT2D eigenvalue weighted by atomic mass is 16.1. The van der Waals surface area contributed by atoms with Crippen LogP contribution >= 0.6 is 0 Å². The first-order chi connectivity index (χ1) is 9.54. The largest absolute Gasteiger partial charge is 0.349 e. The molecule has 5 heteroatoms. The smallest absolute Gasteiger partial charge is 0.270 e. The molecular formula is C15H18N4O. The van der Waals surface area contributed by atoms with E-state index in [1.807, 2.05) is 45.0 Å². The minimum absolute atomic E-state index is 0.0750. The zero-order chi connectivity index (χ0) is 14.5. The van der Waals surface area contributed by atoms with Crippen LogP contribution in [-0.4, -0.2) is 21.9 Å². The fourth-order valence-electron chi connectivity index (χ4n) is 1.65. The van der Waals surface area contributed by atoms with Gasteiger partial charge >= 0.3 is 0 Å². The maximum Gasteiger partial charge on any atom is 0.270 e. The second kappa shape index (κ2) is 6.14. The van der Waals surface area contributed by atoms with E-state index in [1.54, 1.807) is 12.3 Å². The van der Waals surface area contributed by atoms with Gasteiger partial charge in [-0.3, -0.25) is 4.79 Å². The summed E-state index contributed by atoms with van der Waals surface area (Å²) in [6, 6.07) is 9.55. The molecule has 2 aromatic rings. The summed E-state index contributed by atoms with van der Waals surface area (Å²) in [4.78, 5) is 20.2. The third kappa shape index (κ3) is 3.78. The van der Waals surface area contributed by atoms with Gasteiger partial charge < -0.3 is 10.6 Å². The molecule has 5 nitrogen and oxygen atoms in total. The van der Waals surface area contributed by atoms with Crippen molar-refractivity contribution < 1.29 is 4.79 Å². The minimum atomic E-state index is -0.200. The molecule has 1 aromatic carbocycles. The van der Waals surface area contributed by atoms with Gasteiger partial charge in [-0.05, 0) is 39.0 Å². The van der Waals surface area contributed by atoms with E-state index >= 15 is 0 Å². The van der Waals surface area contributed by atoms with Crippen LogP contribution in [0.15, 0.2) is 36.5 Å². The number of amides is 1. The molecule has 0 aliphatic heterocycles. The maximum atomic E-state index is 11.9.